The molecule has 0 heterocycles. The molecular formula is C18H19BrN2O4S. The first-order chi connectivity index (χ1) is 12.3. The Morgan fingerprint density at radius 2 is 1.62 bits per heavy atom. The average Bonchev–Trinajstić information content (AvgIpc) is 2.62. The van der Waals surface area contributed by atoms with Crippen molar-refractivity contribution in [2.45, 2.75) is 18.2 Å². The number of nitrogens with one attached hydrogen (secondary N) is 2. The lowest BCUT2D eigenvalue weighted by atomic mass is 10.2. The zero-order valence-electron chi connectivity index (χ0n) is 14.2. The first-order valence-corrected chi connectivity index (χ1v) is 10.4. The molecule has 0 fully saturated rings. The van der Waals surface area contributed by atoms with Gasteiger partial charge in [0.2, 0.25) is 5.91 Å². The van der Waals surface area contributed by atoms with Gasteiger partial charge >= 0.3 is 0 Å². The van der Waals surface area contributed by atoms with Gasteiger partial charge in [0, 0.05) is 28.7 Å². The highest BCUT2D eigenvalue weighted by molar-refractivity contribution is 9.10. The summed E-state index contributed by atoms with van der Waals surface area (Å²) in [4.78, 5) is 24.1. The Balaban J connectivity index is 1.81. The van der Waals surface area contributed by atoms with E-state index in [1.807, 2.05) is 0 Å². The molecule has 0 saturated heterocycles. The predicted octanol–water partition coefficient (Wildman–Crippen LogP) is 3.00. The van der Waals surface area contributed by atoms with E-state index in [4.69, 9.17) is 0 Å². The molecule has 0 bridgehead atoms. The number of amides is 2. The summed E-state index contributed by atoms with van der Waals surface area (Å²) in [5.41, 5.74) is 1.02. The second-order valence-electron chi connectivity index (χ2n) is 5.49. The molecule has 8 heteroatoms. The van der Waals surface area contributed by atoms with Gasteiger partial charge in [0.1, 0.15) is 0 Å². The Labute approximate surface area is 161 Å². The Kier molecular flexibility index (Phi) is 6.93. The summed E-state index contributed by atoms with van der Waals surface area (Å²) in [5.74, 6) is -0.497. The van der Waals surface area contributed by atoms with Crippen LogP contribution in [-0.2, 0) is 14.6 Å². The van der Waals surface area contributed by atoms with Gasteiger partial charge in [-0.1, -0.05) is 22.9 Å². The van der Waals surface area contributed by atoms with E-state index in [2.05, 4.69) is 26.6 Å². The normalized spacial score (nSPS) is 11.0. The van der Waals surface area contributed by atoms with E-state index in [0.29, 0.717) is 11.3 Å². The fourth-order valence-corrected chi connectivity index (χ4v) is 3.28. The molecule has 0 saturated carbocycles. The van der Waals surface area contributed by atoms with E-state index in [0.717, 1.165) is 4.47 Å². The maximum Gasteiger partial charge on any atom is 0.251 e. The molecule has 2 N–H and O–H groups in total. The summed E-state index contributed by atoms with van der Waals surface area (Å²) < 4.78 is 24.4. The van der Waals surface area contributed by atoms with Gasteiger partial charge in [-0.05, 0) is 48.5 Å². The van der Waals surface area contributed by atoms with Crippen molar-refractivity contribution in [2.75, 3.05) is 17.6 Å². The summed E-state index contributed by atoms with van der Waals surface area (Å²) >= 11 is 3.30. The van der Waals surface area contributed by atoms with Crippen molar-refractivity contribution in [2.24, 2.45) is 0 Å². The molecule has 0 aromatic heterocycles. The van der Waals surface area contributed by atoms with E-state index in [-0.39, 0.29) is 35.4 Å². The molecule has 138 valence electrons. The Morgan fingerprint density at radius 3 is 2.19 bits per heavy atom. The number of sulfone groups is 1. The SMILES string of the molecule is CCS(=O)(=O)c1ccc(NC(=O)CCNC(=O)c2ccc(Br)cc2)cc1. The van der Waals surface area contributed by atoms with Gasteiger partial charge in [0.05, 0.1) is 10.6 Å². The molecule has 2 rings (SSSR count). The third-order valence-corrected chi connectivity index (χ3v) is 5.90. The van der Waals surface area contributed by atoms with Gasteiger partial charge < -0.3 is 10.6 Å². The average molecular weight is 439 g/mol. The fourth-order valence-electron chi connectivity index (χ4n) is 2.13. The van der Waals surface area contributed by atoms with Crippen molar-refractivity contribution in [3.63, 3.8) is 0 Å². The molecule has 2 amide bonds. The number of halogens is 1. The van der Waals surface area contributed by atoms with Gasteiger partial charge in [-0.25, -0.2) is 8.42 Å². The Hall–Kier alpha value is -2.19. The van der Waals surface area contributed by atoms with Crippen LogP contribution in [0.4, 0.5) is 5.69 Å². The number of rotatable bonds is 7. The van der Waals surface area contributed by atoms with Crippen LogP contribution in [0.3, 0.4) is 0 Å². The Bertz CT molecular complexity index is 878. The molecule has 0 atom stereocenters. The smallest absolute Gasteiger partial charge is 0.251 e. The lowest BCUT2D eigenvalue weighted by molar-refractivity contribution is -0.116. The topological polar surface area (TPSA) is 92.3 Å². The number of benzene rings is 2. The van der Waals surface area contributed by atoms with Crippen LogP contribution < -0.4 is 10.6 Å². The van der Waals surface area contributed by atoms with Crippen LogP contribution >= 0.6 is 15.9 Å². The number of hydrogen-bond donors (Lipinski definition) is 2. The zero-order chi connectivity index (χ0) is 19.2. The molecular weight excluding hydrogens is 420 g/mol. The van der Waals surface area contributed by atoms with Crippen molar-refractivity contribution in [3.8, 4) is 0 Å². The third-order valence-electron chi connectivity index (χ3n) is 3.62. The van der Waals surface area contributed by atoms with Gasteiger partial charge in [-0.2, -0.15) is 0 Å². The van der Waals surface area contributed by atoms with E-state index in [1.165, 1.54) is 12.1 Å². The predicted molar refractivity (Wildman–Crippen MR) is 104 cm³/mol. The highest BCUT2D eigenvalue weighted by Gasteiger charge is 2.11. The highest BCUT2D eigenvalue weighted by atomic mass is 79.9. The van der Waals surface area contributed by atoms with Crippen molar-refractivity contribution < 1.29 is 18.0 Å². The zero-order valence-corrected chi connectivity index (χ0v) is 16.6. The summed E-state index contributed by atoms with van der Waals surface area (Å²) in [6.45, 7) is 1.77. The van der Waals surface area contributed by atoms with Gasteiger partial charge in [0.25, 0.3) is 5.91 Å². The second kappa shape index (κ2) is 8.95. The molecule has 0 aliphatic heterocycles. The second-order valence-corrected chi connectivity index (χ2v) is 8.68. The molecule has 2 aromatic carbocycles. The van der Waals surface area contributed by atoms with Crippen LogP contribution in [0.5, 0.6) is 0 Å². The summed E-state index contributed by atoms with van der Waals surface area (Å²) in [7, 11) is -3.26. The number of anilines is 1. The largest absolute Gasteiger partial charge is 0.352 e. The summed E-state index contributed by atoms with van der Waals surface area (Å²) in [6.07, 6.45) is 0.108. The van der Waals surface area contributed by atoms with Gasteiger partial charge in [-0.3, -0.25) is 9.59 Å². The van der Waals surface area contributed by atoms with Crippen LogP contribution in [0.1, 0.15) is 23.7 Å². The van der Waals surface area contributed by atoms with E-state index >= 15 is 0 Å². The fraction of sp³-hybridized carbons (Fsp3) is 0.222. The van der Waals surface area contributed by atoms with Crippen LogP contribution in [0.25, 0.3) is 0 Å². The molecule has 0 unspecified atom stereocenters. The molecule has 0 aliphatic rings. The lowest BCUT2D eigenvalue weighted by Gasteiger charge is -2.08. The molecule has 0 radical (unpaired) electrons. The lowest BCUT2D eigenvalue weighted by Crippen LogP contribution is -2.27. The number of carbonyl (C=O) groups is 2. The van der Waals surface area contributed by atoms with E-state index < -0.39 is 9.84 Å². The van der Waals surface area contributed by atoms with Crippen LogP contribution in [0.15, 0.2) is 57.9 Å². The maximum absolute atomic E-state index is 11.9. The number of carbonyl (C=O) groups excluding carboxylic acids is 2. The minimum Gasteiger partial charge on any atom is -0.352 e. The molecule has 0 aliphatic carbocycles. The maximum atomic E-state index is 11.9. The van der Waals surface area contributed by atoms with E-state index in [9.17, 15) is 18.0 Å². The first kappa shape index (κ1) is 20.1. The monoisotopic (exact) mass is 438 g/mol. The molecule has 26 heavy (non-hydrogen) atoms. The third kappa shape index (κ3) is 5.67. The minimum atomic E-state index is -3.26. The molecule has 0 spiro atoms. The quantitative estimate of drug-likeness (QED) is 0.694. The minimum absolute atomic E-state index is 0.0246. The van der Waals surface area contributed by atoms with Gasteiger partial charge in [0.15, 0.2) is 9.84 Å². The van der Waals surface area contributed by atoms with Crippen molar-refractivity contribution in [1.82, 2.24) is 5.32 Å². The summed E-state index contributed by atoms with van der Waals surface area (Å²) in [6, 6.07) is 12.9. The van der Waals surface area contributed by atoms with Crippen molar-refractivity contribution >= 4 is 43.3 Å². The molecule has 6 nitrogen and oxygen atoms in total. The van der Waals surface area contributed by atoms with Gasteiger partial charge in [-0.15, -0.1) is 0 Å². The Morgan fingerprint density at radius 1 is 1.00 bits per heavy atom. The number of hydrogen-bond acceptors (Lipinski definition) is 4. The van der Waals surface area contributed by atoms with E-state index in [1.54, 1.807) is 43.3 Å². The van der Waals surface area contributed by atoms with Crippen molar-refractivity contribution in [3.05, 3.63) is 58.6 Å². The summed E-state index contributed by atoms with van der Waals surface area (Å²) in [5, 5.41) is 5.35. The van der Waals surface area contributed by atoms with Crippen LogP contribution in [0.2, 0.25) is 0 Å². The van der Waals surface area contributed by atoms with Crippen LogP contribution in [0, 0.1) is 0 Å². The van der Waals surface area contributed by atoms with Crippen molar-refractivity contribution in [1.29, 1.82) is 0 Å². The standard InChI is InChI=1S/C18H19BrN2O4S/c1-2-26(24,25)16-9-7-15(8-10-16)21-17(22)11-12-20-18(23)13-3-5-14(19)6-4-13/h3-10H,2,11-12H2,1H3,(H,20,23)(H,21,22). The first-order valence-electron chi connectivity index (χ1n) is 7.98. The van der Waals surface area contributed by atoms with Crippen LogP contribution in [-0.4, -0.2) is 32.5 Å². The highest BCUT2D eigenvalue weighted by Crippen LogP contribution is 2.15. The molecule has 2 aromatic rings.